The Hall–Kier alpha value is -2.84. The van der Waals surface area contributed by atoms with Crippen molar-refractivity contribution < 1.29 is 17.6 Å². The summed E-state index contributed by atoms with van der Waals surface area (Å²) in [6.45, 7) is 0.0377. The lowest BCUT2D eigenvalue weighted by molar-refractivity contribution is -0.119. The van der Waals surface area contributed by atoms with Crippen molar-refractivity contribution in [3.05, 3.63) is 90.7 Å². The van der Waals surface area contributed by atoms with Crippen LogP contribution in [0.25, 0.3) is 0 Å². The summed E-state index contributed by atoms with van der Waals surface area (Å²) < 4.78 is 40.6. The molecule has 0 aliphatic heterocycles. The first kappa shape index (κ1) is 22.8. The number of carbonyl (C=O) groups is 1. The van der Waals surface area contributed by atoms with Crippen LogP contribution >= 0.6 is 11.8 Å². The van der Waals surface area contributed by atoms with Crippen LogP contribution in [0.5, 0.6) is 0 Å². The van der Waals surface area contributed by atoms with Gasteiger partial charge in [-0.15, -0.1) is 11.8 Å². The molecule has 0 unspecified atom stereocenters. The first-order chi connectivity index (χ1) is 15.0. The fraction of sp³-hybridized carbons (Fsp3) is 0.174. The predicted octanol–water partition coefficient (Wildman–Crippen LogP) is 4.32. The molecule has 0 aromatic heterocycles. The van der Waals surface area contributed by atoms with Gasteiger partial charge in [0, 0.05) is 11.4 Å². The Balaban J connectivity index is 1.63. The van der Waals surface area contributed by atoms with E-state index in [2.05, 4.69) is 5.32 Å². The average molecular weight is 459 g/mol. The number of hydrogen-bond acceptors (Lipinski definition) is 4. The lowest BCUT2D eigenvalue weighted by Crippen LogP contribution is -2.41. The molecule has 3 rings (SSSR count). The van der Waals surface area contributed by atoms with Crippen molar-refractivity contribution in [2.24, 2.45) is 0 Å². The van der Waals surface area contributed by atoms with Gasteiger partial charge in [-0.05, 0) is 60.7 Å². The Kier molecular flexibility index (Phi) is 8.08. The number of nitrogens with zero attached hydrogens (tertiary/aromatic N) is 1. The first-order valence-corrected chi connectivity index (χ1v) is 12.2. The molecule has 0 aliphatic rings. The van der Waals surface area contributed by atoms with Crippen LogP contribution in [-0.4, -0.2) is 33.2 Å². The van der Waals surface area contributed by atoms with E-state index in [4.69, 9.17) is 0 Å². The minimum absolute atomic E-state index is 0.0615. The third-order valence-corrected chi connectivity index (χ3v) is 7.27. The normalized spacial score (nSPS) is 11.1. The smallest absolute Gasteiger partial charge is 0.264 e. The lowest BCUT2D eigenvalue weighted by atomic mass is 10.3. The average Bonchev–Trinajstić information content (AvgIpc) is 2.79. The topological polar surface area (TPSA) is 66.5 Å². The summed E-state index contributed by atoms with van der Waals surface area (Å²) in [5.41, 5.74) is 0.222. The molecule has 8 heteroatoms. The molecular formula is C23H23FN2O3S2. The summed E-state index contributed by atoms with van der Waals surface area (Å²) in [6.07, 6.45) is 0.743. The minimum Gasteiger partial charge on any atom is -0.354 e. The van der Waals surface area contributed by atoms with Gasteiger partial charge in [0.2, 0.25) is 5.91 Å². The summed E-state index contributed by atoms with van der Waals surface area (Å²) in [5.74, 6) is -0.0800. The predicted molar refractivity (Wildman–Crippen MR) is 122 cm³/mol. The van der Waals surface area contributed by atoms with Gasteiger partial charge in [-0.1, -0.05) is 36.4 Å². The van der Waals surface area contributed by atoms with E-state index < -0.39 is 28.3 Å². The second-order valence-electron chi connectivity index (χ2n) is 6.67. The highest BCUT2D eigenvalue weighted by molar-refractivity contribution is 7.99. The van der Waals surface area contributed by atoms with Crippen molar-refractivity contribution in [2.45, 2.75) is 16.2 Å². The summed E-state index contributed by atoms with van der Waals surface area (Å²) in [7, 11) is -3.99. The summed E-state index contributed by atoms with van der Waals surface area (Å²) in [4.78, 5) is 13.7. The van der Waals surface area contributed by atoms with Crippen LogP contribution in [0.2, 0.25) is 0 Å². The van der Waals surface area contributed by atoms with Gasteiger partial charge >= 0.3 is 0 Å². The third kappa shape index (κ3) is 6.57. The molecule has 0 bridgehead atoms. The monoisotopic (exact) mass is 458 g/mol. The molecule has 3 aromatic carbocycles. The molecule has 0 atom stereocenters. The van der Waals surface area contributed by atoms with Gasteiger partial charge < -0.3 is 5.32 Å². The van der Waals surface area contributed by atoms with Crippen molar-refractivity contribution in [3.63, 3.8) is 0 Å². The summed E-state index contributed by atoms with van der Waals surface area (Å²) in [6, 6.07) is 22.8. The maximum atomic E-state index is 13.3. The molecule has 0 radical (unpaired) electrons. The summed E-state index contributed by atoms with van der Waals surface area (Å²) >= 11 is 1.69. The number of sulfonamides is 1. The van der Waals surface area contributed by atoms with Crippen LogP contribution in [-0.2, 0) is 14.8 Å². The SMILES string of the molecule is O=C(CN(c1ccc(F)cc1)S(=O)(=O)c1ccccc1)NCCCSc1ccccc1. The Labute approximate surface area is 186 Å². The Bertz CT molecular complexity index is 1080. The zero-order valence-electron chi connectivity index (χ0n) is 16.8. The number of amides is 1. The van der Waals surface area contributed by atoms with Gasteiger partial charge in [-0.25, -0.2) is 12.8 Å². The molecule has 1 N–H and O–H groups in total. The molecule has 3 aromatic rings. The van der Waals surface area contributed by atoms with Crippen molar-refractivity contribution in [2.75, 3.05) is 23.1 Å². The molecule has 0 aliphatic carbocycles. The van der Waals surface area contributed by atoms with Crippen LogP contribution in [0.3, 0.4) is 0 Å². The van der Waals surface area contributed by atoms with E-state index >= 15 is 0 Å². The Morgan fingerprint density at radius 2 is 1.52 bits per heavy atom. The van der Waals surface area contributed by atoms with Crippen LogP contribution in [0.4, 0.5) is 10.1 Å². The number of thioether (sulfide) groups is 1. The fourth-order valence-electron chi connectivity index (χ4n) is 2.84. The van der Waals surface area contributed by atoms with Crippen LogP contribution in [0.1, 0.15) is 6.42 Å². The number of nitrogens with one attached hydrogen (secondary N) is 1. The van der Waals surface area contributed by atoms with Crippen LogP contribution < -0.4 is 9.62 Å². The highest BCUT2D eigenvalue weighted by Crippen LogP contribution is 2.23. The van der Waals surface area contributed by atoms with E-state index in [0.29, 0.717) is 6.54 Å². The highest BCUT2D eigenvalue weighted by atomic mass is 32.2. The number of anilines is 1. The molecule has 1 amide bonds. The van der Waals surface area contributed by atoms with E-state index in [1.54, 1.807) is 30.0 Å². The molecular weight excluding hydrogens is 435 g/mol. The lowest BCUT2D eigenvalue weighted by Gasteiger charge is -2.24. The first-order valence-electron chi connectivity index (χ1n) is 9.75. The number of hydrogen-bond donors (Lipinski definition) is 1. The van der Waals surface area contributed by atoms with Gasteiger partial charge in [-0.3, -0.25) is 9.10 Å². The molecule has 0 saturated carbocycles. The largest absolute Gasteiger partial charge is 0.354 e. The Morgan fingerprint density at radius 3 is 2.16 bits per heavy atom. The van der Waals surface area contributed by atoms with Gasteiger partial charge in [0.15, 0.2) is 0 Å². The van der Waals surface area contributed by atoms with Gasteiger partial charge in [0.25, 0.3) is 10.0 Å². The molecule has 31 heavy (non-hydrogen) atoms. The molecule has 0 heterocycles. The van der Waals surface area contributed by atoms with Gasteiger partial charge in [0.05, 0.1) is 10.6 Å². The van der Waals surface area contributed by atoms with E-state index in [0.717, 1.165) is 21.4 Å². The minimum atomic E-state index is -3.99. The third-order valence-electron chi connectivity index (χ3n) is 4.39. The summed E-state index contributed by atoms with van der Waals surface area (Å²) in [5, 5.41) is 2.77. The molecule has 5 nitrogen and oxygen atoms in total. The van der Waals surface area contributed by atoms with Gasteiger partial charge in [0.1, 0.15) is 12.4 Å². The van der Waals surface area contributed by atoms with E-state index in [-0.39, 0.29) is 10.6 Å². The zero-order chi connectivity index (χ0) is 22.1. The molecule has 0 fully saturated rings. The molecule has 0 saturated heterocycles. The quantitative estimate of drug-likeness (QED) is 0.363. The van der Waals surface area contributed by atoms with Gasteiger partial charge in [-0.2, -0.15) is 0 Å². The number of rotatable bonds is 10. The second kappa shape index (κ2) is 11.0. The van der Waals surface area contributed by atoms with Crippen molar-refractivity contribution >= 4 is 33.4 Å². The number of carbonyl (C=O) groups excluding carboxylic acids is 1. The molecule has 162 valence electrons. The van der Waals surface area contributed by atoms with Crippen LogP contribution in [0, 0.1) is 5.82 Å². The van der Waals surface area contributed by atoms with Crippen molar-refractivity contribution in [3.8, 4) is 0 Å². The Morgan fingerprint density at radius 1 is 0.903 bits per heavy atom. The highest BCUT2D eigenvalue weighted by Gasteiger charge is 2.27. The zero-order valence-corrected chi connectivity index (χ0v) is 18.4. The van der Waals surface area contributed by atoms with E-state index in [9.17, 15) is 17.6 Å². The maximum absolute atomic E-state index is 13.3. The number of benzene rings is 3. The second-order valence-corrected chi connectivity index (χ2v) is 9.70. The van der Waals surface area contributed by atoms with E-state index in [1.165, 1.54) is 36.4 Å². The maximum Gasteiger partial charge on any atom is 0.264 e. The standard InChI is InChI=1S/C23H23FN2O3S2/c24-19-12-14-20(15-13-19)26(31(28,29)22-10-5-2-6-11-22)18-23(27)25-16-7-17-30-21-8-3-1-4-9-21/h1-6,8-15H,7,16-18H2,(H,25,27). The number of halogens is 1. The van der Waals surface area contributed by atoms with Crippen LogP contribution in [0.15, 0.2) is 94.7 Å². The van der Waals surface area contributed by atoms with E-state index in [1.807, 2.05) is 30.3 Å². The van der Waals surface area contributed by atoms with Crippen molar-refractivity contribution in [1.82, 2.24) is 5.32 Å². The van der Waals surface area contributed by atoms with Crippen molar-refractivity contribution in [1.29, 1.82) is 0 Å². The molecule has 0 spiro atoms. The fourth-order valence-corrected chi connectivity index (χ4v) is 5.15.